The maximum Gasteiger partial charge on any atom is 0.417 e. The van der Waals surface area contributed by atoms with Gasteiger partial charge in [0.1, 0.15) is 16.7 Å². The van der Waals surface area contributed by atoms with E-state index in [9.17, 15) is 18.0 Å². The molecule has 2 aromatic rings. The third-order valence-corrected chi connectivity index (χ3v) is 4.96. The molecule has 0 spiro atoms. The summed E-state index contributed by atoms with van der Waals surface area (Å²) in [4.78, 5) is 23.8. The second-order valence-electron chi connectivity index (χ2n) is 6.20. The monoisotopic (exact) mass is 445 g/mol. The van der Waals surface area contributed by atoms with Crippen LogP contribution in [0.4, 0.5) is 19.0 Å². The number of halogens is 4. The van der Waals surface area contributed by atoms with Gasteiger partial charge in [-0.05, 0) is 18.2 Å². The van der Waals surface area contributed by atoms with Crippen LogP contribution in [0, 0.1) is 5.92 Å². The van der Waals surface area contributed by atoms with Crippen molar-refractivity contribution in [2.24, 2.45) is 16.6 Å². The van der Waals surface area contributed by atoms with Crippen molar-refractivity contribution in [3.05, 3.63) is 46.7 Å². The molecule has 0 atom stereocenters. The summed E-state index contributed by atoms with van der Waals surface area (Å²) in [6.07, 6.45) is -2.24. The van der Waals surface area contributed by atoms with E-state index in [0.29, 0.717) is 23.7 Å². The molecule has 3 N–H and O–H groups in total. The molecule has 2 aromatic heterocycles. The first kappa shape index (κ1) is 23.0. The number of pyridine rings is 2. The second-order valence-corrected chi connectivity index (χ2v) is 7.69. The van der Waals surface area contributed by atoms with E-state index in [1.165, 1.54) is 18.0 Å². The minimum Gasteiger partial charge on any atom is -0.384 e. The minimum atomic E-state index is -4.49. The molecule has 0 aliphatic heterocycles. The number of nitrogens with two attached hydrogens (primary N) is 1. The molecule has 0 aliphatic rings. The Bertz CT molecular complexity index is 905. The zero-order valence-corrected chi connectivity index (χ0v) is 17.2. The van der Waals surface area contributed by atoms with Crippen LogP contribution in [-0.2, 0) is 11.0 Å². The molecular weight excluding hydrogens is 427 g/mol. The average molecular weight is 446 g/mol. The topological polar surface area (TPSA) is 93.3 Å². The van der Waals surface area contributed by atoms with Crippen molar-refractivity contribution in [3.8, 4) is 0 Å². The fourth-order valence-electron chi connectivity index (χ4n) is 2.02. The van der Waals surface area contributed by atoms with Crippen LogP contribution in [0.2, 0.25) is 5.02 Å². The van der Waals surface area contributed by atoms with Gasteiger partial charge in [0, 0.05) is 29.6 Å². The third-order valence-electron chi connectivity index (χ3n) is 3.58. The zero-order chi connectivity index (χ0) is 21.6. The lowest BCUT2D eigenvalue weighted by Gasteiger charge is -2.09. The molecule has 0 unspecified atom stereocenters. The lowest BCUT2D eigenvalue weighted by atomic mass is 10.2. The predicted molar refractivity (Wildman–Crippen MR) is 108 cm³/mol. The van der Waals surface area contributed by atoms with E-state index in [1.807, 2.05) is 0 Å². The third kappa shape index (κ3) is 6.90. The van der Waals surface area contributed by atoms with Gasteiger partial charge < -0.3 is 11.1 Å². The fraction of sp³-hybridized carbons (Fsp3) is 0.333. The Morgan fingerprint density at radius 3 is 2.69 bits per heavy atom. The van der Waals surface area contributed by atoms with Crippen molar-refractivity contribution >= 4 is 40.9 Å². The molecule has 0 radical (unpaired) electrons. The average Bonchev–Trinajstić information content (AvgIpc) is 2.65. The van der Waals surface area contributed by atoms with Crippen LogP contribution < -0.4 is 11.1 Å². The molecule has 0 saturated heterocycles. The number of hydrogen-bond acceptors (Lipinski definition) is 5. The Kier molecular flexibility index (Phi) is 7.86. The molecule has 6 nitrogen and oxygen atoms in total. The molecule has 1 amide bonds. The number of aliphatic imine (C=N–C) groups is 1. The van der Waals surface area contributed by atoms with E-state index in [4.69, 9.17) is 17.3 Å². The summed E-state index contributed by atoms with van der Waals surface area (Å²) < 4.78 is 37.9. The molecule has 0 bridgehead atoms. The number of aromatic nitrogens is 2. The standard InChI is InChI=1S/C18H19ClF3N5OS/c1-10(2)16(28)27-14-7-11(3-4-24-14)15(23)25-5-6-29-17-13(19)8-12(9-26-17)18(20,21)22/h3-4,7-10H,5-6H2,1-2H3,(H2,23,25)(H,24,27,28). The first-order valence-electron chi connectivity index (χ1n) is 8.50. The number of nitrogens with zero attached hydrogens (tertiary/aromatic N) is 3. The van der Waals surface area contributed by atoms with Gasteiger partial charge in [-0.25, -0.2) is 9.97 Å². The molecule has 0 aliphatic carbocycles. The van der Waals surface area contributed by atoms with Crippen LogP contribution >= 0.6 is 23.4 Å². The summed E-state index contributed by atoms with van der Waals surface area (Å²) in [6.45, 7) is 3.83. The second kappa shape index (κ2) is 9.93. The highest BCUT2D eigenvalue weighted by molar-refractivity contribution is 7.99. The summed E-state index contributed by atoms with van der Waals surface area (Å²) in [5.74, 6) is 0.687. The number of amidine groups is 1. The highest BCUT2D eigenvalue weighted by Gasteiger charge is 2.31. The molecule has 156 valence electrons. The molecule has 2 rings (SSSR count). The van der Waals surface area contributed by atoms with Crippen LogP contribution in [0.5, 0.6) is 0 Å². The van der Waals surface area contributed by atoms with Gasteiger partial charge in [0.25, 0.3) is 0 Å². The van der Waals surface area contributed by atoms with Crippen molar-refractivity contribution < 1.29 is 18.0 Å². The van der Waals surface area contributed by atoms with Crippen molar-refractivity contribution in [1.29, 1.82) is 0 Å². The number of anilines is 1. The summed E-state index contributed by atoms with van der Waals surface area (Å²) in [5.41, 5.74) is 5.66. The highest BCUT2D eigenvalue weighted by atomic mass is 35.5. The number of carbonyl (C=O) groups excluding carboxylic acids is 1. The first-order chi connectivity index (χ1) is 13.6. The summed E-state index contributed by atoms with van der Waals surface area (Å²) in [6, 6.07) is 4.12. The van der Waals surface area contributed by atoms with Gasteiger partial charge in [0.05, 0.1) is 17.1 Å². The Hall–Kier alpha value is -2.33. The molecule has 29 heavy (non-hydrogen) atoms. The van der Waals surface area contributed by atoms with Gasteiger partial charge in [-0.15, -0.1) is 11.8 Å². The Labute approximate surface area is 175 Å². The Morgan fingerprint density at radius 1 is 1.34 bits per heavy atom. The van der Waals surface area contributed by atoms with Crippen molar-refractivity contribution in [3.63, 3.8) is 0 Å². The largest absolute Gasteiger partial charge is 0.417 e. The number of thioether (sulfide) groups is 1. The quantitative estimate of drug-likeness (QED) is 0.288. The fourth-order valence-corrected chi connectivity index (χ4v) is 3.05. The van der Waals surface area contributed by atoms with Gasteiger partial charge in [0.2, 0.25) is 5.91 Å². The lowest BCUT2D eigenvalue weighted by molar-refractivity contribution is -0.137. The van der Waals surface area contributed by atoms with Crippen molar-refractivity contribution in [2.75, 3.05) is 17.6 Å². The van der Waals surface area contributed by atoms with Crippen LogP contribution in [0.3, 0.4) is 0 Å². The zero-order valence-electron chi connectivity index (χ0n) is 15.6. The number of alkyl halides is 3. The van der Waals surface area contributed by atoms with E-state index >= 15 is 0 Å². The van der Waals surface area contributed by atoms with Crippen molar-refractivity contribution in [2.45, 2.75) is 25.0 Å². The highest BCUT2D eigenvalue weighted by Crippen LogP contribution is 2.33. The summed E-state index contributed by atoms with van der Waals surface area (Å²) in [7, 11) is 0. The van der Waals surface area contributed by atoms with Gasteiger partial charge >= 0.3 is 6.18 Å². The van der Waals surface area contributed by atoms with Crippen LogP contribution in [-0.4, -0.2) is 34.0 Å². The van der Waals surface area contributed by atoms with Gasteiger partial charge in [-0.3, -0.25) is 9.79 Å². The summed E-state index contributed by atoms with van der Waals surface area (Å²) >= 11 is 7.04. The van der Waals surface area contributed by atoms with E-state index in [1.54, 1.807) is 26.0 Å². The minimum absolute atomic E-state index is 0.0681. The van der Waals surface area contributed by atoms with E-state index in [-0.39, 0.29) is 27.7 Å². The predicted octanol–water partition coefficient (Wildman–Crippen LogP) is 4.24. The number of rotatable bonds is 7. The molecule has 11 heteroatoms. The van der Waals surface area contributed by atoms with E-state index in [0.717, 1.165) is 12.3 Å². The van der Waals surface area contributed by atoms with Gasteiger partial charge in [0.15, 0.2) is 0 Å². The SMILES string of the molecule is CC(C)C(=O)Nc1cc(C(N)=NCCSc2ncc(C(F)(F)F)cc2Cl)ccn1. The molecule has 0 saturated carbocycles. The normalized spacial score (nSPS) is 12.3. The molecular formula is C18H19ClF3N5OS. The number of hydrogen-bond donors (Lipinski definition) is 2. The van der Waals surface area contributed by atoms with Gasteiger partial charge in [-0.1, -0.05) is 25.4 Å². The number of amides is 1. The maximum absolute atomic E-state index is 12.6. The van der Waals surface area contributed by atoms with Crippen molar-refractivity contribution in [1.82, 2.24) is 9.97 Å². The van der Waals surface area contributed by atoms with E-state index in [2.05, 4.69) is 20.3 Å². The maximum atomic E-state index is 12.6. The molecule has 0 aromatic carbocycles. The first-order valence-corrected chi connectivity index (χ1v) is 9.87. The van der Waals surface area contributed by atoms with Crippen LogP contribution in [0.25, 0.3) is 0 Å². The summed E-state index contributed by atoms with van der Waals surface area (Å²) in [5, 5.41) is 2.90. The number of nitrogens with one attached hydrogen (secondary N) is 1. The molecule has 2 heterocycles. The lowest BCUT2D eigenvalue weighted by Crippen LogP contribution is -2.20. The Balaban J connectivity index is 1.95. The van der Waals surface area contributed by atoms with Gasteiger partial charge in [-0.2, -0.15) is 13.2 Å². The van der Waals surface area contributed by atoms with Crippen LogP contribution in [0.1, 0.15) is 25.0 Å². The van der Waals surface area contributed by atoms with Crippen LogP contribution in [0.15, 0.2) is 40.6 Å². The van der Waals surface area contributed by atoms with E-state index < -0.39 is 11.7 Å². The molecule has 0 fully saturated rings. The smallest absolute Gasteiger partial charge is 0.384 e. The Morgan fingerprint density at radius 2 is 2.07 bits per heavy atom. The number of carbonyl (C=O) groups is 1.